The Kier molecular flexibility index (Phi) is 5.91. The Labute approximate surface area is 163 Å². The Morgan fingerprint density at radius 1 is 1.11 bits per heavy atom. The number of hydrogen-bond acceptors (Lipinski definition) is 5. The van der Waals surface area contributed by atoms with Gasteiger partial charge in [0.2, 0.25) is 11.1 Å². The second-order valence-corrected chi connectivity index (χ2v) is 7.91. The maximum Gasteiger partial charge on any atom is 0.233 e. The molecule has 1 amide bonds. The first-order valence-corrected chi connectivity index (χ1v) is 9.68. The van der Waals surface area contributed by atoms with Gasteiger partial charge in [0.05, 0.1) is 10.9 Å². The number of carbonyl (C=O) groups is 1. The van der Waals surface area contributed by atoms with Crippen molar-refractivity contribution >= 4 is 17.7 Å². The first-order valence-electron chi connectivity index (χ1n) is 8.80. The first-order chi connectivity index (χ1) is 12.9. The van der Waals surface area contributed by atoms with Crippen LogP contribution in [0.5, 0.6) is 0 Å². The van der Waals surface area contributed by atoms with E-state index in [1.807, 2.05) is 56.3 Å². The molecule has 0 aliphatic rings. The van der Waals surface area contributed by atoms with Crippen LogP contribution in [0.25, 0.3) is 5.69 Å². The van der Waals surface area contributed by atoms with Crippen molar-refractivity contribution in [3.8, 4) is 5.69 Å². The van der Waals surface area contributed by atoms with Crippen molar-refractivity contribution in [3.63, 3.8) is 0 Å². The summed E-state index contributed by atoms with van der Waals surface area (Å²) in [6.45, 7) is 8.52. The summed E-state index contributed by atoms with van der Waals surface area (Å²) in [4.78, 5) is 12.4. The summed E-state index contributed by atoms with van der Waals surface area (Å²) in [7, 11) is 0. The van der Waals surface area contributed by atoms with E-state index in [4.69, 9.17) is 0 Å². The van der Waals surface area contributed by atoms with E-state index in [0.717, 1.165) is 11.3 Å². The largest absolute Gasteiger partial charge is 0.351 e. The minimum atomic E-state index is -0.313. The molecule has 140 valence electrons. The van der Waals surface area contributed by atoms with Crippen molar-refractivity contribution in [1.82, 2.24) is 25.5 Å². The summed E-state index contributed by atoms with van der Waals surface area (Å²) in [5.41, 5.74) is 5.55. The molecule has 0 spiro atoms. The molecular formula is C20H23N5OS. The van der Waals surface area contributed by atoms with Crippen LogP contribution in [0.2, 0.25) is 0 Å². The summed E-state index contributed by atoms with van der Waals surface area (Å²) in [6, 6.07) is 14.2. The molecule has 0 saturated carbocycles. The number of nitrogens with one attached hydrogen (secondary N) is 1. The summed E-state index contributed by atoms with van der Waals surface area (Å²) in [6.07, 6.45) is 0. The van der Waals surface area contributed by atoms with Gasteiger partial charge in [0, 0.05) is 6.54 Å². The normalized spacial score (nSPS) is 12.0. The lowest BCUT2D eigenvalue weighted by Crippen LogP contribution is -2.30. The Morgan fingerprint density at radius 2 is 1.85 bits per heavy atom. The molecule has 0 bridgehead atoms. The topological polar surface area (TPSA) is 72.7 Å². The van der Waals surface area contributed by atoms with Gasteiger partial charge in [-0.1, -0.05) is 47.7 Å². The van der Waals surface area contributed by atoms with Crippen LogP contribution in [0.3, 0.4) is 0 Å². The second-order valence-electron chi connectivity index (χ2n) is 6.61. The van der Waals surface area contributed by atoms with E-state index >= 15 is 0 Å². The van der Waals surface area contributed by atoms with E-state index in [1.165, 1.54) is 28.5 Å². The number of nitrogens with zero attached hydrogens (tertiary/aromatic N) is 4. The molecule has 1 aromatic heterocycles. The standard InChI is InChI=1S/C20H23N5OS/c1-13-5-8-17(9-6-13)12-21-19(26)16(4)27-20-22-23-24-25(20)18-10-7-14(2)15(3)11-18/h5-11,16H,12H2,1-4H3,(H,21,26)/t16-/m1/s1. The fraction of sp³-hybridized carbons (Fsp3) is 0.300. The number of benzene rings is 2. The predicted molar refractivity (Wildman–Crippen MR) is 107 cm³/mol. The molecule has 1 N–H and O–H groups in total. The Hall–Kier alpha value is -2.67. The van der Waals surface area contributed by atoms with Crippen molar-refractivity contribution in [2.75, 3.05) is 0 Å². The number of hydrogen-bond donors (Lipinski definition) is 1. The van der Waals surface area contributed by atoms with Gasteiger partial charge < -0.3 is 5.32 Å². The number of aryl methyl sites for hydroxylation is 3. The molecule has 0 unspecified atom stereocenters. The van der Waals surface area contributed by atoms with Crippen LogP contribution < -0.4 is 5.32 Å². The van der Waals surface area contributed by atoms with E-state index in [1.54, 1.807) is 4.68 Å². The van der Waals surface area contributed by atoms with Crippen LogP contribution in [0.15, 0.2) is 47.6 Å². The fourth-order valence-electron chi connectivity index (χ4n) is 2.52. The monoisotopic (exact) mass is 381 g/mol. The minimum absolute atomic E-state index is 0.0461. The van der Waals surface area contributed by atoms with E-state index in [0.29, 0.717) is 11.7 Å². The van der Waals surface area contributed by atoms with Crippen LogP contribution in [0.4, 0.5) is 0 Å². The third-order valence-electron chi connectivity index (χ3n) is 4.41. The molecule has 0 radical (unpaired) electrons. The Balaban J connectivity index is 1.64. The average molecular weight is 382 g/mol. The lowest BCUT2D eigenvalue weighted by molar-refractivity contribution is -0.120. The molecule has 2 aromatic carbocycles. The third kappa shape index (κ3) is 4.74. The molecule has 0 fully saturated rings. The average Bonchev–Trinajstić information content (AvgIpc) is 3.11. The van der Waals surface area contributed by atoms with E-state index in [9.17, 15) is 4.79 Å². The number of tetrazole rings is 1. The third-order valence-corrected chi connectivity index (χ3v) is 5.45. The van der Waals surface area contributed by atoms with Gasteiger partial charge in [-0.05, 0) is 66.9 Å². The van der Waals surface area contributed by atoms with Crippen LogP contribution in [0.1, 0.15) is 29.2 Å². The van der Waals surface area contributed by atoms with Gasteiger partial charge in [-0.3, -0.25) is 4.79 Å². The number of aromatic nitrogens is 4. The van der Waals surface area contributed by atoms with Gasteiger partial charge in [-0.15, -0.1) is 5.10 Å². The zero-order valence-corrected chi connectivity index (χ0v) is 16.7. The van der Waals surface area contributed by atoms with Gasteiger partial charge in [-0.2, -0.15) is 4.68 Å². The maximum absolute atomic E-state index is 12.4. The van der Waals surface area contributed by atoms with Gasteiger partial charge >= 0.3 is 0 Å². The van der Waals surface area contributed by atoms with Crippen molar-refractivity contribution < 1.29 is 4.79 Å². The molecule has 27 heavy (non-hydrogen) atoms. The number of carbonyl (C=O) groups excluding carboxylic acids is 1. The van der Waals surface area contributed by atoms with Crippen molar-refractivity contribution in [3.05, 3.63) is 64.7 Å². The van der Waals surface area contributed by atoms with Crippen LogP contribution in [-0.4, -0.2) is 31.4 Å². The molecule has 1 heterocycles. The van der Waals surface area contributed by atoms with E-state index in [-0.39, 0.29) is 11.2 Å². The van der Waals surface area contributed by atoms with Gasteiger partial charge in [0.1, 0.15) is 0 Å². The molecule has 0 aliphatic heterocycles. The zero-order chi connectivity index (χ0) is 19.4. The molecule has 1 atom stereocenters. The molecule has 0 aliphatic carbocycles. The van der Waals surface area contributed by atoms with Crippen molar-refractivity contribution in [2.45, 2.75) is 44.6 Å². The first kappa shape index (κ1) is 19.1. The second kappa shape index (κ2) is 8.35. The van der Waals surface area contributed by atoms with E-state index in [2.05, 4.69) is 34.7 Å². The summed E-state index contributed by atoms with van der Waals surface area (Å²) in [5.74, 6) is -0.0461. The molecular weight excluding hydrogens is 358 g/mol. The highest BCUT2D eigenvalue weighted by Gasteiger charge is 2.19. The molecule has 3 rings (SSSR count). The lowest BCUT2D eigenvalue weighted by atomic mass is 10.1. The zero-order valence-electron chi connectivity index (χ0n) is 15.9. The van der Waals surface area contributed by atoms with Gasteiger partial charge in [0.25, 0.3) is 0 Å². The molecule has 0 saturated heterocycles. The number of rotatable bonds is 6. The quantitative estimate of drug-likeness (QED) is 0.663. The molecule has 6 nitrogen and oxygen atoms in total. The fourth-order valence-corrected chi connectivity index (χ4v) is 3.35. The van der Waals surface area contributed by atoms with Crippen molar-refractivity contribution in [1.29, 1.82) is 0 Å². The van der Waals surface area contributed by atoms with Gasteiger partial charge in [-0.25, -0.2) is 0 Å². The highest BCUT2D eigenvalue weighted by Crippen LogP contribution is 2.24. The smallest absolute Gasteiger partial charge is 0.233 e. The van der Waals surface area contributed by atoms with E-state index < -0.39 is 0 Å². The number of amides is 1. The summed E-state index contributed by atoms with van der Waals surface area (Å²) < 4.78 is 1.67. The van der Waals surface area contributed by atoms with Crippen molar-refractivity contribution in [2.24, 2.45) is 0 Å². The Bertz CT molecular complexity index is 936. The maximum atomic E-state index is 12.4. The highest BCUT2D eigenvalue weighted by atomic mass is 32.2. The molecule has 3 aromatic rings. The summed E-state index contributed by atoms with van der Waals surface area (Å²) in [5, 5.41) is 15.2. The highest BCUT2D eigenvalue weighted by molar-refractivity contribution is 8.00. The minimum Gasteiger partial charge on any atom is -0.351 e. The number of thioether (sulfide) groups is 1. The van der Waals surface area contributed by atoms with Gasteiger partial charge in [0.15, 0.2) is 0 Å². The van der Waals surface area contributed by atoms with Crippen LogP contribution in [0, 0.1) is 20.8 Å². The van der Waals surface area contributed by atoms with Crippen LogP contribution in [-0.2, 0) is 11.3 Å². The Morgan fingerprint density at radius 3 is 2.56 bits per heavy atom. The van der Waals surface area contributed by atoms with Crippen LogP contribution >= 0.6 is 11.8 Å². The lowest BCUT2D eigenvalue weighted by Gasteiger charge is -2.12. The summed E-state index contributed by atoms with van der Waals surface area (Å²) >= 11 is 1.34. The molecule has 7 heteroatoms. The SMILES string of the molecule is Cc1ccc(CNC(=O)[C@@H](C)Sc2nnnn2-c2ccc(C)c(C)c2)cc1. The predicted octanol–water partition coefficient (Wildman–Crippen LogP) is 3.38.